The number of unbranched alkanes of at least 4 members (excludes halogenated alkanes) is 1. The van der Waals surface area contributed by atoms with Gasteiger partial charge in [-0.15, -0.1) is 0 Å². The molecule has 4 heteroatoms. The Kier molecular flexibility index (Phi) is 5.28. The number of aryl methyl sites for hydroxylation is 2. The minimum absolute atomic E-state index is 0.364. The average molecular weight is 299 g/mol. The molecule has 0 radical (unpaired) electrons. The third-order valence-electron chi connectivity index (χ3n) is 3.44. The highest BCUT2D eigenvalue weighted by Crippen LogP contribution is 2.22. The Hall–Kier alpha value is -1.94. The highest BCUT2D eigenvalue weighted by Gasteiger charge is 2.09. The van der Waals surface area contributed by atoms with Crippen LogP contribution in [-0.4, -0.2) is 9.97 Å². The van der Waals surface area contributed by atoms with Crippen LogP contribution in [0.2, 0.25) is 0 Å². The molecule has 0 aliphatic rings. The minimum Gasteiger partial charge on any atom is -0.389 e. The van der Waals surface area contributed by atoms with Gasteiger partial charge in [-0.05, 0) is 49.1 Å². The number of hydrogen-bond donors (Lipinski definition) is 2. The van der Waals surface area contributed by atoms with E-state index in [2.05, 4.69) is 41.5 Å². The van der Waals surface area contributed by atoms with E-state index >= 15 is 0 Å². The summed E-state index contributed by atoms with van der Waals surface area (Å²) in [6.07, 6.45) is 5.31. The molecule has 1 aromatic carbocycles. The van der Waals surface area contributed by atoms with Crippen LogP contribution in [-0.2, 0) is 6.42 Å². The Morgan fingerprint density at radius 2 is 1.95 bits per heavy atom. The molecule has 2 aromatic rings. The first kappa shape index (κ1) is 15.4. The number of hydrogen-bond acceptors (Lipinski definition) is 3. The first-order chi connectivity index (χ1) is 10.1. The van der Waals surface area contributed by atoms with Crippen molar-refractivity contribution >= 4 is 28.7 Å². The monoisotopic (exact) mass is 299 g/mol. The summed E-state index contributed by atoms with van der Waals surface area (Å²) in [5.41, 5.74) is 9.98. The van der Waals surface area contributed by atoms with Gasteiger partial charge in [0, 0.05) is 11.9 Å². The number of aromatic nitrogens is 1. The lowest BCUT2D eigenvalue weighted by Crippen LogP contribution is -2.14. The van der Waals surface area contributed by atoms with Crippen molar-refractivity contribution in [3.63, 3.8) is 0 Å². The standard InChI is InChI=1S/C17H21N3S/c1-3-4-5-13-6-8-14(9-7-13)20-17-15(16(18)21)12(2)10-11-19-17/h6-11H,3-5H2,1-2H3,(H2,18,21)(H,19,20). The summed E-state index contributed by atoms with van der Waals surface area (Å²) in [5.74, 6) is 0.712. The molecule has 0 unspecified atom stereocenters. The van der Waals surface area contributed by atoms with Gasteiger partial charge in [-0.2, -0.15) is 0 Å². The van der Waals surface area contributed by atoms with E-state index in [4.69, 9.17) is 18.0 Å². The zero-order valence-electron chi connectivity index (χ0n) is 12.5. The highest BCUT2D eigenvalue weighted by atomic mass is 32.1. The molecule has 0 aliphatic carbocycles. The zero-order valence-corrected chi connectivity index (χ0v) is 13.3. The summed E-state index contributed by atoms with van der Waals surface area (Å²) < 4.78 is 0. The molecular weight excluding hydrogens is 278 g/mol. The quantitative estimate of drug-likeness (QED) is 0.788. The van der Waals surface area contributed by atoms with Gasteiger partial charge >= 0.3 is 0 Å². The number of nitrogens with two attached hydrogens (primary N) is 1. The van der Waals surface area contributed by atoms with Crippen LogP contribution in [0.5, 0.6) is 0 Å². The Morgan fingerprint density at radius 1 is 1.24 bits per heavy atom. The maximum atomic E-state index is 5.80. The lowest BCUT2D eigenvalue weighted by Gasteiger charge is -2.12. The molecule has 0 saturated heterocycles. The first-order valence-electron chi connectivity index (χ1n) is 7.23. The van der Waals surface area contributed by atoms with Crippen LogP contribution >= 0.6 is 12.2 Å². The van der Waals surface area contributed by atoms with Crippen molar-refractivity contribution < 1.29 is 0 Å². The second-order valence-corrected chi connectivity index (χ2v) is 5.58. The van der Waals surface area contributed by atoms with Gasteiger partial charge in [0.15, 0.2) is 0 Å². The zero-order chi connectivity index (χ0) is 15.2. The van der Waals surface area contributed by atoms with E-state index in [1.165, 1.54) is 18.4 Å². The van der Waals surface area contributed by atoms with Gasteiger partial charge < -0.3 is 11.1 Å². The fourth-order valence-corrected chi connectivity index (χ4v) is 2.49. The molecule has 0 amide bonds. The Labute approximate surface area is 131 Å². The molecule has 3 N–H and O–H groups in total. The maximum Gasteiger partial charge on any atom is 0.140 e. The number of rotatable bonds is 6. The van der Waals surface area contributed by atoms with Crippen molar-refractivity contribution in [1.29, 1.82) is 0 Å². The van der Waals surface area contributed by atoms with E-state index in [0.717, 1.165) is 23.2 Å². The van der Waals surface area contributed by atoms with Gasteiger partial charge in [0.2, 0.25) is 0 Å². The normalized spacial score (nSPS) is 10.4. The summed E-state index contributed by atoms with van der Waals surface area (Å²) in [6.45, 7) is 4.19. The van der Waals surface area contributed by atoms with Crippen molar-refractivity contribution in [3.8, 4) is 0 Å². The molecule has 3 nitrogen and oxygen atoms in total. The summed E-state index contributed by atoms with van der Waals surface area (Å²) in [7, 11) is 0. The van der Waals surface area contributed by atoms with Crippen LogP contribution in [0.1, 0.15) is 36.5 Å². The molecule has 0 bridgehead atoms. The molecule has 0 aliphatic heterocycles. The number of pyridine rings is 1. The smallest absolute Gasteiger partial charge is 0.140 e. The average Bonchev–Trinajstić information content (AvgIpc) is 2.46. The van der Waals surface area contributed by atoms with E-state index in [1.807, 2.05) is 13.0 Å². The fraction of sp³-hybridized carbons (Fsp3) is 0.294. The van der Waals surface area contributed by atoms with Gasteiger partial charge in [0.25, 0.3) is 0 Å². The van der Waals surface area contributed by atoms with Crippen molar-refractivity contribution in [2.75, 3.05) is 5.32 Å². The van der Waals surface area contributed by atoms with Crippen LogP contribution in [0.4, 0.5) is 11.5 Å². The van der Waals surface area contributed by atoms with Crippen LogP contribution in [0.25, 0.3) is 0 Å². The molecule has 1 heterocycles. The number of thiocarbonyl (C=S) groups is 1. The molecule has 21 heavy (non-hydrogen) atoms. The number of nitrogens with one attached hydrogen (secondary N) is 1. The third kappa shape index (κ3) is 4.02. The molecule has 110 valence electrons. The van der Waals surface area contributed by atoms with Gasteiger partial charge in [0.1, 0.15) is 10.8 Å². The van der Waals surface area contributed by atoms with Crippen LogP contribution in [0.15, 0.2) is 36.5 Å². The number of anilines is 2. The van der Waals surface area contributed by atoms with E-state index in [9.17, 15) is 0 Å². The van der Waals surface area contributed by atoms with Crippen LogP contribution in [0, 0.1) is 6.92 Å². The minimum atomic E-state index is 0.364. The van der Waals surface area contributed by atoms with E-state index in [0.29, 0.717) is 10.8 Å². The number of benzene rings is 1. The Balaban J connectivity index is 2.19. The molecular formula is C17H21N3S. The summed E-state index contributed by atoms with van der Waals surface area (Å²) in [4.78, 5) is 4.71. The summed E-state index contributed by atoms with van der Waals surface area (Å²) >= 11 is 5.12. The SMILES string of the molecule is CCCCc1ccc(Nc2nccc(C)c2C(N)=S)cc1. The summed E-state index contributed by atoms with van der Waals surface area (Å²) in [5, 5.41) is 3.30. The molecule has 0 spiro atoms. The largest absolute Gasteiger partial charge is 0.389 e. The van der Waals surface area contributed by atoms with Crippen LogP contribution < -0.4 is 11.1 Å². The van der Waals surface area contributed by atoms with Crippen molar-refractivity contribution in [3.05, 3.63) is 53.2 Å². The van der Waals surface area contributed by atoms with Gasteiger partial charge in [-0.1, -0.05) is 37.7 Å². The maximum absolute atomic E-state index is 5.80. The summed E-state index contributed by atoms with van der Waals surface area (Å²) in [6, 6.07) is 10.3. The predicted molar refractivity (Wildman–Crippen MR) is 93.2 cm³/mol. The molecule has 2 rings (SSSR count). The lowest BCUT2D eigenvalue weighted by molar-refractivity contribution is 0.795. The van der Waals surface area contributed by atoms with E-state index < -0.39 is 0 Å². The predicted octanol–water partition coefficient (Wildman–Crippen LogP) is 4.11. The number of nitrogens with zero attached hydrogens (tertiary/aromatic N) is 1. The molecule has 0 atom stereocenters. The highest BCUT2D eigenvalue weighted by molar-refractivity contribution is 7.80. The van der Waals surface area contributed by atoms with Crippen molar-refractivity contribution in [1.82, 2.24) is 4.98 Å². The van der Waals surface area contributed by atoms with Gasteiger partial charge in [-0.3, -0.25) is 0 Å². The fourth-order valence-electron chi connectivity index (χ4n) is 2.24. The van der Waals surface area contributed by atoms with Crippen LogP contribution in [0.3, 0.4) is 0 Å². The molecule has 0 saturated carbocycles. The Morgan fingerprint density at radius 3 is 2.57 bits per heavy atom. The van der Waals surface area contributed by atoms with Crippen molar-refractivity contribution in [2.24, 2.45) is 5.73 Å². The van der Waals surface area contributed by atoms with Gasteiger partial charge in [0.05, 0.1) is 5.56 Å². The van der Waals surface area contributed by atoms with E-state index in [-0.39, 0.29) is 0 Å². The second kappa shape index (κ2) is 7.18. The van der Waals surface area contributed by atoms with Crippen molar-refractivity contribution in [2.45, 2.75) is 33.1 Å². The second-order valence-electron chi connectivity index (χ2n) is 5.14. The first-order valence-corrected chi connectivity index (χ1v) is 7.64. The van der Waals surface area contributed by atoms with E-state index in [1.54, 1.807) is 6.20 Å². The van der Waals surface area contributed by atoms with Gasteiger partial charge in [-0.25, -0.2) is 4.98 Å². The molecule has 0 fully saturated rings. The Bertz CT molecular complexity index is 620. The lowest BCUT2D eigenvalue weighted by atomic mass is 10.1. The third-order valence-corrected chi connectivity index (χ3v) is 3.65. The molecule has 1 aromatic heterocycles. The topological polar surface area (TPSA) is 50.9 Å².